The summed E-state index contributed by atoms with van der Waals surface area (Å²) in [6, 6.07) is 8.16. The van der Waals surface area contributed by atoms with Gasteiger partial charge >= 0.3 is 0 Å². The van der Waals surface area contributed by atoms with E-state index in [0.717, 1.165) is 34.4 Å². The van der Waals surface area contributed by atoms with Gasteiger partial charge in [-0.1, -0.05) is 32.1 Å². The molecule has 0 bridgehead atoms. The number of rotatable bonds is 42. The van der Waals surface area contributed by atoms with Crippen molar-refractivity contribution in [2.75, 3.05) is 90.1 Å². The normalized spacial score (nSPS) is 15.3. The van der Waals surface area contributed by atoms with Crippen molar-refractivity contribution in [2.24, 2.45) is 5.73 Å². The number of methoxy groups -OCH3 is 1. The van der Waals surface area contributed by atoms with Crippen LogP contribution < -0.4 is 52.0 Å². The van der Waals surface area contributed by atoms with Gasteiger partial charge in [0.2, 0.25) is 41.1 Å². The Labute approximate surface area is 577 Å². The van der Waals surface area contributed by atoms with Gasteiger partial charge in [-0.3, -0.25) is 48.2 Å². The van der Waals surface area contributed by atoms with Crippen LogP contribution in [0.3, 0.4) is 0 Å². The number of benzene rings is 3. The van der Waals surface area contributed by atoms with E-state index in [2.05, 4.69) is 54.0 Å². The predicted octanol–water partition coefficient (Wildman–Crippen LogP) is 4.54. The van der Waals surface area contributed by atoms with E-state index in [1.165, 1.54) is 51.3 Å². The van der Waals surface area contributed by atoms with Crippen LogP contribution >= 0.6 is 12.6 Å². The molecule has 0 saturated carbocycles. The first-order valence-electron chi connectivity index (χ1n) is 32.1. The average molecular weight is 1430 g/mol. The number of carbonyl (C=O) groups is 7. The summed E-state index contributed by atoms with van der Waals surface area (Å²) in [6.45, 7) is 13.8. The van der Waals surface area contributed by atoms with Gasteiger partial charge < -0.3 is 66.0 Å². The summed E-state index contributed by atoms with van der Waals surface area (Å²) < 4.78 is 94.0. The van der Waals surface area contributed by atoms with Crippen LogP contribution in [-0.2, 0) is 74.1 Å². The highest BCUT2D eigenvalue weighted by Crippen LogP contribution is 2.48. The van der Waals surface area contributed by atoms with Gasteiger partial charge in [0.1, 0.15) is 29.3 Å². The zero-order chi connectivity index (χ0) is 72.5. The maximum atomic E-state index is 13.6. The zero-order valence-corrected chi connectivity index (χ0v) is 59.1. The van der Waals surface area contributed by atoms with Gasteiger partial charge in [0, 0.05) is 79.2 Å². The van der Waals surface area contributed by atoms with Crippen molar-refractivity contribution in [1.82, 2.24) is 31.9 Å². The summed E-state index contributed by atoms with van der Waals surface area (Å²) in [4.78, 5) is 102. The lowest BCUT2D eigenvalue weighted by Gasteiger charge is -2.25. The summed E-state index contributed by atoms with van der Waals surface area (Å²) in [7, 11) is -7.87. The minimum atomic E-state index is -4.76. The number of Topliss-reactive ketones (excluding diaryl/α,β-unsaturated/α-hetero) is 1. The lowest BCUT2D eigenvalue weighted by atomic mass is 9.81. The van der Waals surface area contributed by atoms with Crippen LogP contribution in [0, 0.1) is 10.1 Å². The van der Waals surface area contributed by atoms with Crippen molar-refractivity contribution in [3.05, 3.63) is 111 Å². The molecule has 0 spiro atoms. The van der Waals surface area contributed by atoms with E-state index in [1.54, 1.807) is 12.1 Å². The molecule has 538 valence electrons. The Balaban J connectivity index is 1.13. The molecule has 6 amide bonds. The van der Waals surface area contributed by atoms with Crippen molar-refractivity contribution in [3.8, 4) is 11.5 Å². The predicted molar refractivity (Wildman–Crippen MR) is 367 cm³/mol. The second kappa shape index (κ2) is 37.7. The molecule has 0 aliphatic carbocycles. The molecule has 3 atom stereocenters. The van der Waals surface area contributed by atoms with Gasteiger partial charge in [0.25, 0.3) is 15.8 Å². The molecule has 5 rings (SSSR count). The van der Waals surface area contributed by atoms with Crippen molar-refractivity contribution in [2.45, 2.75) is 145 Å². The Morgan fingerprint density at radius 1 is 0.745 bits per heavy atom. The van der Waals surface area contributed by atoms with Crippen LogP contribution in [0.4, 0.5) is 17.1 Å². The van der Waals surface area contributed by atoms with Crippen LogP contribution in [0.2, 0.25) is 0 Å². The second-order valence-corrected chi connectivity index (χ2v) is 27.6. The molecular weight excluding hydrogens is 1330 g/mol. The largest absolute Gasteiger partial charge is 0.744 e. The molecule has 1 unspecified atom stereocenters. The number of nitro benzene ring substituents is 1. The topological polar surface area (TPSA) is 416 Å². The summed E-state index contributed by atoms with van der Waals surface area (Å²) in [6.07, 6.45) is 12.5. The third-order valence-electron chi connectivity index (χ3n) is 16.3. The van der Waals surface area contributed by atoms with Crippen LogP contribution in [-0.4, -0.2) is 180 Å². The number of allylic oxidation sites excluding steroid dienone is 6. The molecule has 2 aliphatic heterocycles. The number of fused-ring (bicyclic) bond motifs is 2. The summed E-state index contributed by atoms with van der Waals surface area (Å²) in [5.41, 5.74) is 8.72. The highest BCUT2D eigenvalue weighted by molar-refractivity contribution is 7.86. The Morgan fingerprint density at radius 2 is 1.40 bits per heavy atom. The maximum Gasteiger partial charge on any atom is 0.294 e. The molecule has 98 heavy (non-hydrogen) atoms. The van der Waals surface area contributed by atoms with E-state index in [-0.39, 0.29) is 122 Å². The highest BCUT2D eigenvalue weighted by atomic mass is 32.2. The summed E-state index contributed by atoms with van der Waals surface area (Å²) in [5, 5.41) is 27.9. The molecule has 0 fully saturated rings. The van der Waals surface area contributed by atoms with Crippen molar-refractivity contribution < 1.29 is 87.9 Å². The Morgan fingerprint density at radius 3 is 2.05 bits per heavy atom. The summed E-state index contributed by atoms with van der Waals surface area (Å²) >= 11 is 4.00. The number of nitro groups is 1. The van der Waals surface area contributed by atoms with Crippen molar-refractivity contribution >= 4 is 96.9 Å². The molecule has 2 aliphatic rings. The number of amides is 6. The number of thiol groups is 1. The number of nitrogens with one attached hydrogen (secondary N) is 6. The first kappa shape index (κ1) is 80.6. The van der Waals surface area contributed by atoms with Crippen LogP contribution in [0.25, 0.3) is 0 Å². The molecular formula is C66H92N10O19S3. The highest BCUT2D eigenvalue weighted by Gasteiger charge is 2.45. The Kier molecular flexibility index (Phi) is 31.0. The van der Waals surface area contributed by atoms with Gasteiger partial charge in [-0.05, 0) is 121 Å². The fraction of sp³-hybridized carbons (Fsp3) is 0.515. The molecule has 3 aromatic carbocycles. The van der Waals surface area contributed by atoms with Crippen LogP contribution in [0.15, 0.2) is 94.4 Å². The van der Waals surface area contributed by atoms with E-state index < -0.39 is 96.5 Å². The van der Waals surface area contributed by atoms with E-state index in [0.29, 0.717) is 50.8 Å². The SMILES string of the molecule is CCN1/C(=C/C=C/C=C/C2=[N+](CCCCCC(=O)NCCCC[C@H](NC(=O)CNC(=O)[C@@H](N)CS)C(=O)NCC(=O)NC(C)c3cc(OC)c(OCCCC(=O)NCCOCCOCC(C)=O)cc3[N+](=O)[O-])c3ccc(S(=O)(=O)[O-])cc3C2(C)C)C(C)(C)c2cc(S(=O)(=O)O)ccc21. The molecule has 32 heteroatoms. The molecule has 0 saturated heterocycles. The number of anilines is 1. The van der Waals surface area contributed by atoms with Gasteiger partial charge in [-0.25, -0.2) is 8.42 Å². The fourth-order valence-electron chi connectivity index (χ4n) is 11.2. The van der Waals surface area contributed by atoms with Gasteiger partial charge in [0.05, 0.1) is 90.5 Å². The molecule has 9 N–H and O–H groups in total. The van der Waals surface area contributed by atoms with E-state index in [4.69, 9.17) is 24.7 Å². The number of ketones is 1. The van der Waals surface area contributed by atoms with E-state index >= 15 is 0 Å². The first-order chi connectivity index (χ1) is 46.3. The van der Waals surface area contributed by atoms with Gasteiger partial charge in [-0.2, -0.15) is 25.6 Å². The van der Waals surface area contributed by atoms with Gasteiger partial charge in [0.15, 0.2) is 23.0 Å². The minimum Gasteiger partial charge on any atom is -0.744 e. The quantitative estimate of drug-likeness (QED) is 0.00715. The number of unbranched alkanes of at least 4 members (excludes halogenated alkanes) is 3. The number of carbonyl (C=O) groups excluding carboxylic acids is 7. The van der Waals surface area contributed by atoms with Crippen molar-refractivity contribution in [1.29, 1.82) is 0 Å². The number of ether oxygens (including phenoxy) is 4. The molecule has 29 nitrogen and oxygen atoms in total. The smallest absolute Gasteiger partial charge is 0.294 e. The summed E-state index contributed by atoms with van der Waals surface area (Å²) in [5.74, 6) is -3.37. The first-order valence-corrected chi connectivity index (χ1v) is 35.6. The molecule has 3 aromatic rings. The third-order valence-corrected chi connectivity index (χ3v) is 18.4. The average Bonchev–Trinajstić information content (AvgIpc) is 1.59. The Hall–Kier alpha value is -8.11. The molecule has 2 heterocycles. The van der Waals surface area contributed by atoms with Crippen LogP contribution in [0.5, 0.6) is 11.5 Å². The fourth-order valence-corrected chi connectivity index (χ4v) is 12.4. The van der Waals surface area contributed by atoms with E-state index in [9.17, 15) is 69.6 Å². The number of hydrogen-bond donors (Lipinski definition) is 9. The molecule has 0 radical (unpaired) electrons. The maximum absolute atomic E-state index is 13.6. The Bertz CT molecular complexity index is 3740. The lowest BCUT2D eigenvalue weighted by molar-refractivity contribution is -0.438. The lowest BCUT2D eigenvalue weighted by Crippen LogP contribution is -2.52. The minimum absolute atomic E-state index is 0.00241. The van der Waals surface area contributed by atoms with E-state index in [1.807, 2.05) is 65.0 Å². The van der Waals surface area contributed by atoms with Crippen LogP contribution in [0.1, 0.15) is 129 Å². The monoisotopic (exact) mass is 1420 g/mol. The van der Waals surface area contributed by atoms with Gasteiger partial charge in [-0.15, -0.1) is 0 Å². The number of likely N-dealkylation sites (N-methyl/N-ethyl adjacent to an activating group) is 1. The third kappa shape index (κ3) is 23.5. The standard InChI is InChI=1S/C66H92N10O19S3/c1-9-74-52-26-24-45(97(86,87)88)35-48(52)65(4,5)57(74)20-12-10-13-21-58-66(6,7)49-36-46(98(89,90)91)25-27-53(49)75(58)30-17-11-14-22-59(78)68-28-16-15-19-51(73-62(81)40-70-63(82)50(67)42-96)64(83)71-39-61(80)72-44(3)47-37-55(92-8)56(38-54(47)76(84)85)95-31-18-23-60(79)69-29-32-93-33-34-94-41-43(2)77/h10,12-13,20-21,24-27,35-38,44,50-51H,9,11,14-19,22-23,28-34,39-42,67H2,1-8H3,(H8-,68,69,70,71,72,73,78,79,80,81,82,83,86,87,88,89,90,91,96)/t44?,50-,51-/m0/s1. The number of hydrogen-bond acceptors (Lipinski definition) is 21. The second-order valence-electron chi connectivity index (χ2n) is 24.4. The zero-order valence-electron chi connectivity index (χ0n) is 56.6. The molecule has 0 aromatic heterocycles. The number of nitrogens with two attached hydrogens (primary N) is 1. The van der Waals surface area contributed by atoms with Crippen molar-refractivity contribution in [3.63, 3.8) is 0 Å². The number of nitrogens with zero attached hydrogens (tertiary/aromatic N) is 3.